The van der Waals surface area contributed by atoms with E-state index in [1.54, 1.807) is 11.6 Å². The zero-order valence-electron chi connectivity index (χ0n) is 11.5. The van der Waals surface area contributed by atoms with Crippen molar-refractivity contribution in [2.24, 2.45) is 7.05 Å². The molecule has 0 atom stereocenters. The van der Waals surface area contributed by atoms with Crippen molar-refractivity contribution in [3.63, 3.8) is 0 Å². The van der Waals surface area contributed by atoms with E-state index in [0.29, 0.717) is 11.5 Å². The zero-order valence-corrected chi connectivity index (χ0v) is 11.5. The van der Waals surface area contributed by atoms with Crippen LogP contribution in [0.25, 0.3) is 22.6 Å². The van der Waals surface area contributed by atoms with Crippen molar-refractivity contribution in [2.75, 3.05) is 0 Å². The molecule has 3 rings (SSSR count). The molecule has 0 bridgehead atoms. The fraction of sp³-hybridized carbons (Fsp3) is 0.0588. The lowest BCUT2D eigenvalue weighted by Gasteiger charge is -2.03. The van der Waals surface area contributed by atoms with Crippen LogP contribution in [0.2, 0.25) is 0 Å². The number of benzene rings is 2. The summed E-state index contributed by atoms with van der Waals surface area (Å²) >= 11 is 0. The summed E-state index contributed by atoms with van der Waals surface area (Å²) in [5.41, 5.74) is 2.38. The van der Waals surface area contributed by atoms with Gasteiger partial charge in [0.25, 0.3) is 0 Å². The summed E-state index contributed by atoms with van der Waals surface area (Å²) in [5.74, 6) is -0.335. The number of imidazole rings is 1. The molecule has 104 valence electrons. The molecule has 4 heteroatoms. The predicted octanol–water partition coefficient (Wildman–Crippen LogP) is 3.45. The Morgan fingerprint density at radius 2 is 1.48 bits per heavy atom. The fourth-order valence-electron chi connectivity index (χ4n) is 2.39. The van der Waals surface area contributed by atoms with Crippen LogP contribution in [0, 0.1) is 0 Å². The summed E-state index contributed by atoms with van der Waals surface area (Å²) in [5, 5.41) is 9.51. The van der Waals surface area contributed by atoms with Gasteiger partial charge in [-0.1, -0.05) is 60.7 Å². The molecule has 0 fully saturated rings. The number of hydrogen-bond acceptors (Lipinski definition) is 2. The average Bonchev–Trinajstić information content (AvgIpc) is 2.87. The SMILES string of the molecule is Cn1c(-c2ccccc2)nc(-c2ccccc2)c1C(=O)O. The molecule has 0 saturated carbocycles. The van der Waals surface area contributed by atoms with E-state index < -0.39 is 5.97 Å². The van der Waals surface area contributed by atoms with Gasteiger partial charge in [-0.25, -0.2) is 9.78 Å². The van der Waals surface area contributed by atoms with Gasteiger partial charge in [0.2, 0.25) is 0 Å². The topological polar surface area (TPSA) is 55.1 Å². The summed E-state index contributed by atoms with van der Waals surface area (Å²) in [7, 11) is 1.73. The number of aromatic carboxylic acids is 1. The molecule has 0 spiro atoms. The predicted molar refractivity (Wildman–Crippen MR) is 81.0 cm³/mol. The van der Waals surface area contributed by atoms with Gasteiger partial charge in [0, 0.05) is 18.2 Å². The molecule has 1 N–H and O–H groups in total. The highest BCUT2D eigenvalue weighted by Crippen LogP contribution is 2.28. The first-order valence-electron chi connectivity index (χ1n) is 6.59. The number of nitrogens with zero attached hydrogens (tertiary/aromatic N) is 2. The van der Waals surface area contributed by atoms with Crippen molar-refractivity contribution in [3.05, 3.63) is 66.4 Å². The standard InChI is InChI=1S/C17H14N2O2/c1-19-15(17(20)21)14(12-8-4-2-5-9-12)18-16(19)13-10-6-3-7-11-13/h2-11H,1H3,(H,20,21). The van der Waals surface area contributed by atoms with Gasteiger partial charge in [0.15, 0.2) is 5.69 Å². The van der Waals surface area contributed by atoms with E-state index in [1.165, 1.54) is 0 Å². The van der Waals surface area contributed by atoms with Gasteiger partial charge in [-0.2, -0.15) is 0 Å². The van der Waals surface area contributed by atoms with Gasteiger partial charge in [-0.15, -0.1) is 0 Å². The van der Waals surface area contributed by atoms with E-state index in [4.69, 9.17) is 0 Å². The Labute approximate surface area is 122 Å². The van der Waals surface area contributed by atoms with Crippen molar-refractivity contribution in [2.45, 2.75) is 0 Å². The van der Waals surface area contributed by atoms with Crippen molar-refractivity contribution in [3.8, 4) is 22.6 Å². The Kier molecular flexibility index (Phi) is 3.28. The van der Waals surface area contributed by atoms with E-state index in [0.717, 1.165) is 11.1 Å². The fourth-order valence-corrected chi connectivity index (χ4v) is 2.39. The van der Waals surface area contributed by atoms with E-state index in [2.05, 4.69) is 4.98 Å². The first-order chi connectivity index (χ1) is 10.2. The lowest BCUT2D eigenvalue weighted by molar-refractivity contribution is 0.0687. The van der Waals surface area contributed by atoms with E-state index in [1.807, 2.05) is 60.7 Å². The largest absolute Gasteiger partial charge is 0.477 e. The smallest absolute Gasteiger partial charge is 0.354 e. The molecule has 1 heterocycles. The second-order valence-electron chi connectivity index (χ2n) is 4.73. The molecule has 0 aliphatic rings. The van der Waals surface area contributed by atoms with E-state index >= 15 is 0 Å². The normalized spacial score (nSPS) is 10.5. The third kappa shape index (κ3) is 2.31. The third-order valence-electron chi connectivity index (χ3n) is 3.38. The minimum atomic E-state index is -0.981. The Bertz CT molecular complexity index is 777. The van der Waals surface area contributed by atoms with Crippen LogP contribution in [0.3, 0.4) is 0 Å². The summed E-state index contributed by atoms with van der Waals surface area (Å²) in [4.78, 5) is 16.2. The van der Waals surface area contributed by atoms with E-state index in [9.17, 15) is 9.90 Å². The highest BCUT2D eigenvalue weighted by Gasteiger charge is 2.22. The quantitative estimate of drug-likeness (QED) is 0.798. The molecule has 0 saturated heterocycles. The molecule has 1 aromatic heterocycles. The van der Waals surface area contributed by atoms with Crippen LogP contribution in [-0.2, 0) is 7.05 Å². The second kappa shape index (κ2) is 5.25. The van der Waals surface area contributed by atoms with Crippen LogP contribution in [0.1, 0.15) is 10.5 Å². The van der Waals surface area contributed by atoms with Crippen LogP contribution >= 0.6 is 0 Å². The Balaban J connectivity index is 2.24. The van der Waals surface area contributed by atoms with Crippen molar-refractivity contribution in [1.29, 1.82) is 0 Å². The van der Waals surface area contributed by atoms with Crippen molar-refractivity contribution >= 4 is 5.97 Å². The molecule has 0 aliphatic heterocycles. The maximum absolute atomic E-state index is 11.6. The summed E-state index contributed by atoms with van der Waals surface area (Å²) in [6, 6.07) is 18.9. The minimum absolute atomic E-state index is 0.194. The Hall–Kier alpha value is -2.88. The molecule has 4 nitrogen and oxygen atoms in total. The van der Waals surface area contributed by atoms with Gasteiger partial charge in [0.05, 0.1) is 0 Å². The number of carboxylic acids is 1. The molecule has 2 aromatic carbocycles. The van der Waals surface area contributed by atoms with Crippen LogP contribution in [-0.4, -0.2) is 20.6 Å². The maximum atomic E-state index is 11.6. The molecule has 0 aliphatic carbocycles. The minimum Gasteiger partial charge on any atom is -0.477 e. The zero-order chi connectivity index (χ0) is 14.8. The molecule has 0 radical (unpaired) electrons. The van der Waals surface area contributed by atoms with Gasteiger partial charge in [0.1, 0.15) is 11.5 Å². The molecule has 0 unspecified atom stereocenters. The summed E-state index contributed by atoms with van der Waals surface area (Å²) < 4.78 is 1.62. The lowest BCUT2D eigenvalue weighted by Crippen LogP contribution is -2.06. The van der Waals surface area contributed by atoms with Gasteiger partial charge in [-0.05, 0) is 0 Å². The van der Waals surface area contributed by atoms with Crippen molar-refractivity contribution in [1.82, 2.24) is 9.55 Å². The number of aromatic nitrogens is 2. The van der Waals surface area contributed by atoms with Crippen molar-refractivity contribution < 1.29 is 9.90 Å². The molecule has 3 aromatic rings. The van der Waals surface area contributed by atoms with Crippen LogP contribution in [0.5, 0.6) is 0 Å². The third-order valence-corrected chi connectivity index (χ3v) is 3.38. The maximum Gasteiger partial charge on any atom is 0.354 e. The van der Waals surface area contributed by atoms with Crippen LogP contribution in [0.15, 0.2) is 60.7 Å². The Morgan fingerprint density at radius 3 is 2.00 bits per heavy atom. The summed E-state index contributed by atoms with van der Waals surface area (Å²) in [6.45, 7) is 0. The average molecular weight is 278 g/mol. The molecular formula is C17H14N2O2. The molecule has 21 heavy (non-hydrogen) atoms. The monoisotopic (exact) mass is 278 g/mol. The number of hydrogen-bond donors (Lipinski definition) is 1. The highest BCUT2D eigenvalue weighted by molar-refractivity contribution is 5.94. The number of carboxylic acid groups (broad SMARTS) is 1. The van der Waals surface area contributed by atoms with E-state index in [-0.39, 0.29) is 5.69 Å². The first-order valence-corrected chi connectivity index (χ1v) is 6.59. The second-order valence-corrected chi connectivity index (χ2v) is 4.73. The number of carbonyl (C=O) groups is 1. The lowest BCUT2D eigenvalue weighted by atomic mass is 10.1. The summed E-state index contributed by atoms with van der Waals surface area (Å²) in [6.07, 6.45) is 0. The van der Waals surface area contributed by atoms with Crippen LogP contribution in [0.4, 0.5) is 0 Å². The van der Waals surface area contributed by atoms with Crippen LogP contribution < -0.4 is 0 Å². The first kappa shape index (κ1) is 13.1. The van der Waals surface area contributed by atoms with Gasteiger partial charge >= 0.3 is 5.97 Å². The molecular weight excluding hydrogens is 264 g/mol. The number of rotatable bonds is 3. The molecule has 0 amide bonds. The van der Waals surface area contributed by atoms with Gasteiger partial charge in [-0.3, -0.25) is 0 Å². The van der Waals surface area contributed by atoms with Gasteiger partial charge < -0.3 is 9.67 Å². The highest BCUT2D eigenvalue weighted by atomic mass is 16.4. The Morgan fingerprint density at radius 1 is 0.952 bits per heavy atom.